The molecular weight excluding hydrogens is 308 g/mol. The third-order valence-corrected chi connectivity index (χ3v) is 4.28. The second kappa shape index (κ2) is 6.65. The molecule has 0 saturated heterocycles. The summed E-state index contributed by atoms with van der Waals surface area (Å²) in [6.07, 6.45) is 2.60. The molecule has 0 spiro atoms. The first-order chi connectivity index (χ1) is 12.3. The lowest BCUT2D eigenvalue weighted by molar-refractivity contribution is 0.477. The van der Waals surface area contributed by atoms with Crippen LogP contribution in [-0.4, -0.2) is 14.9 Å². The van der Waals surface area contributed by atoms with E-state index in [0.29, 0.717) is 0 Å². The van der Waals surface area contributed by atoms with Gasteiger partial charge in [0.15, 0.2) is 0 Å². The summed E-state index contributed by atoms with van der Waals surface area (Å²) < 4.78 is 1.90. The van der Waals surface area contributed by atoms with Crippen LogP contribution in [0.15, 0.2) is 91.1 Å². The summed E-state index contributed by atoms with van der Waals surface area (Å²) >= 11 is 0. The maximum absolute atomic E-state index is 10.2. The average molecular weight is 326 g/mol. The molecule has 0 unspecified atom stereocenters. The number of hydrogen-bond acceptors (Lipinski definition) is 2. The van der Waals surface area contributed by atoms with Crippen molar-refractivity contribution in [3.63, 3.8) is 0 Å². The summed E-state index contributed by atoms with van der Waals surface area (Å²) in [5, 5.41) is 14.7. The Labute approximate surface area is 146 Å². The molecule has 0 amide bonds. The van der Waals surface area contributed by atoms with Crippen LogP contribution in [0.1, 0.15) is 11.1 Å². The van der Waals surface area contributed by atoms with Gasteiger partial charge in [0.05, 0.1) is 17.6 Å². The number of hydrogen-bond donors (Lipinski definition) is 1. The maximum Gasteiger partial charge on any atom is 0.124 e. The number of para-hydroxylation sites is 2. The molecule has 0 aliphatic carbocycles. The minimum absolute atomic E-state index is 0.254. The summed E-state index contributed by atoms with van der Waals surface area (Å²) in [7, 11) is 0. The zero-order chi connectivity index (χ0) is 17.1. The van der Waals surface area contributed by atoms with E-state index in [-0.39, 0.29) is 5.75 Å². The average Bonchev–Trinajstić information content (AvgIpc) is 3.13. The quantitative estimate of drug-likeness (QED) is 0.583. The van der Waals surface area contributed by atoms with E-state index in [1.807, 2.05) is 47.1 Å². The maximum atomic E-state index is 10.2. The van der Waals surface area contributed by atoms with Gasteiger partial charge in [-0.05, 0) is 41.8 Å². The number of aromatic hydroxyl groups is 1. The third kappa shape index (κ3) is 3.04. The van der Waals surface area contributed by atoms with Gasteiger partial charge in [0, 0.05) is 5.56 Å². The van der Waals surface area contributed by atoms with Gasteiger partial charge in [0.1, 0.15) is 5.75 Å². The molecule has 1 heterocycles. The Morgan fingerprint density at radius 1 is 0.760 bits per heavy atom. The van der Waals surface area contributed by atoms with E-state index in [9.17, 15) is 5.11 Å². The van der Waals surface area contributed by atoms with Gasteiger partial charge in [-0.1, -0.05) is 60.7 Å². The topological polar surface area (TPSA) is 38.1 Å². The van der Waals surface area contributed by atoms with E-state index in [2.05, 4.69) is 41.5 Å². The van der Waals surface area contributed by atoms with Gasteiger partial charge in [-0.3, -0.25) is 0 Å². The van der Waals surface area contributed by atoms with Crippen molar-refractivity contribution in [1.82, 2.24) is 9.78 Å². The molecule has 0 fully saturated rings. The van der Waals surface area contributed by atoms with Gasteiger partial charge in [-0.15, -0.1) is 0 Å². The van der Waals surface area contributed by atoms with Crippen LogP contribution in [0.3, 0.4) is 0 Å². The number of phenols is 1. The van der Waals surface area contributed by atoms with Crippen LogP contribution in [-0.2, 0) is 6.42 Å². The Balaban J connectivity index is 1.80. The molecule has 25 heavy (non-hydrogen) atoms. The van der Waals surface area contributed by atoms with E-state index >= 15 is 0 Å². The van der Waals surface area contributed by atoms with E-state index in [0.717, 1.165) is 23.4 Å². The third-order valence-electron chi connectivity index (χ3n) is 4.28. The van der Waals surface area contributed by atoms with E-state index in [1.54, 1.807) is 12.3 Å². The number of benzene rings is 3. The standard InChI is InChI=1S/C22H18N2O/c25-22-13-7-5-11-19(22)21-14-15-23-24(21)20-12-6-4-10-18(20)16-17-8-2-1-3-9-17/h1-15,25H,16H2. The predicted molar refractivity (Wildman–Crippen MR) is 99.9 cm³/mol. The Morgan fingerprint density at radius 2 is 1.48 bits per heavy atom. The molecule has 4 aromatic rings. The van der Waals surface area contributed by atoms with Crippen molar-refractivity contribution < 1.29 is 5.11 Å². The van der Waals surface area contributed by atoms with E-state index in [4.69, 9.17) is 0 Å². The van der Waals surface area contributed by atoms with Crippen LogP contribution in [0.2, 0.25) is 0 Å². The summed E-state index contributed by atoms with van der Waals surface area (Å²) in [5.74, 6) is 0.254. The fourth-order valence-electron chi connectivity index (χ4n) is 3.07. The Kier molecular flexibility index (Phi) is 4.05. The normalized spacial score (nSPS) is 10.7. The molecule has 0 atom stereocenters. The van der Waals surface area contributed by atoms with Crippen LogP contribution in [0.5, 0.6) is 5.75 Å². The smallest absolute Gasteiger partial charge is 0.124 e. The SMILES string of the molecule is Oc1ccccc1-c1ccnn1-c1ccccc1Cc1ccccc1. The Hall–Kier alpha value is -3.33. The lowest BCUT2D eigenvalue weighted by atomic mass is 10.0. The number of nitrogens with zero attached hydrogens (tertiary/aromatic N) is 2. The van der Waals surface area contributed by atoms with Gasteiger partial charge in [-0.25, -0.2) is 4.68 Å². The van der Waals surface area contributed by atoms with Gasteiger partial charge >= 0.3 is 0 Å². The number of aromatic nitrogens is 2. The molecule has 3 aromatic carbocycles. The van der Waals surface area contributed by atoms with Crippen molar-refractivity contribution in [2.75, 3.05) is 0 Å². The highest BCUT2D eigenvalue weighted by Gasteiger charge is 2.13. The molecule has 0 aliphatic rings. The minimum Gasteiger partial charge on any atom is -0.507 e. The first kappa shape index (κ1) is 15.2. The second-order valence-corrected chi connectivity index (χ2v) is 5.94. The molecule has 4 rings (SSSR count). The second-order valence-electron chi connectivity index (χ2n) is 5.94. The van der Waals surface area contributed by atoms with Crippen LogP contribution in [0.4, 0.5) is 0 Å². The van der Waals surface area contributed by atoms with Crippen LogP contribution in [0, 0.1) is 0 Å². The lowest BCUT2D eigenvalue weighted by Gasteiger charge is -2.13. The van der Waals surface area contributed by atoms with Crippen molar-refractivity contribution in [3.05, 3.63) is 102 Å². The van der Waals surface area contributed by atoms with E-state index in [1.165, 1.54) is 11.1 Å². The summed E-state index contributed by atoms with van der Waals surface area (Å²) in [6, 6.07) is 27.9. The highest BCUT2D eigenvalue weighted by atomic mass is 16.3. The summed E-state index contributed by atoms with van der Waals surface area (Å²) in [5.41, 5.74) is 5.11. The van der Waals surface area contributed by atoms with Crippen molar-refractivity contribution in [2.45, 2.75) is 6.42 Å². The molecule has 3 heteroatoms. The molecule has 1 aromatic heterocycles. The first-order valence-corrected chi connectivity index (χ1v) is 8.27. The monoisotopic (exact) mass is 326 g/mol. The van der Waals surface area contributed by atoms with Crippen molar-refractivity contribution in [1.29, 1.82) is 0 Å². The zero-order valence-electron chi connectivity index (χ0n) is 13.7. The van der Waals surface area contributed by atoms with Gasteiger partial charge in [-0.2, -0.15) is 5.10 Å². The molecule has 0 aliphatic heterocycles. The molecule has 0 saturated carbocycles. The van der Waals surface area contributed by atoms with Crippen molar-refractivity contribution >= 4 is 0 Å². The fourth-order valence-corrected chi connectivity index (χ4v) is 3.07. The minimum atomic E-state index is 0.254. The number of rotatable bonds is 4. The zero-order valence-corrected chi connectivity index (χ0v) is 13.7. The first-order valence-electron chi connectivity index (χ1n) is 8.27. The van der Waals surface area contributed by atoms with Crippen LogP contribution in [0.25, 0.3) is 16.9 Å². The van der Waals surface area contributed by atoms with E-state index < -0.39 is 0 Å². The predicted octanol–water partition coefficient (Wildman–Crippen LogP) is 4.84. The molecule has 1 N–H and O–H groups in total. The van der Waals surface area contributed by atoms with Gasteiger partial charge < -0.3 is 5.11 Å². The Morgan fingerprint density at radius 3 is 2.32 bits per heavy atom. The molecule has 0 bridgehead atoms. The Bertz CT molecular complexity index is 990. The van der Waals surface area contributed by atoms with Gasteiger partial charge in [0.25, 0.3) is 0 Å². The van der Waals surface area contributed by atoms with Crippen LogP contribution >= 0.6 is 0 Å². The van der Waals surface area contributed by atoms with Gasteiger partial charge in [0.2, 0.25) is 0 Å². The fraction of sp³-hybridized carbons (Fsp3) is 0.0455. The molecule has 3 nitrogen and oxygen atoms in total. The van der Waals surface area contributed by atoms with Crippen LogP contribution < -0.4 is 0 Å². The largest absolute Gasteiger partial charge is 0.507 e. The highest BCUT2D eigenvalue weighted by molar-refractivity contribution is 5.69. The molecule has 0 radical (unpaired) electrons. The number of phenolic OH excluding ortho intramolecular Hbond substituents is 1. The molecule has 122 valence electrons. The lowest BCUT2D eigenvalue weighted by Crippen LogP contribution is -2.04. The molecular formula is C22H18N2O. The van der Waals surface area contributed by atoms with Crippen molar-refractivity contribution in [3.8, 4) is 22.7 Å². The summed E-state index contributed by atoms with van der Waals surface area (Å²) in [4.78, 5) is 0. The summed E-state index contributed by atoms with van der Waals surface area (Å²) in [6.45, 7) is 0. The highest BCUT2D eigenvalue weighted by Crippen LogP contribution is 2.31. The van der Waals surface area contributed by atoms with Crippen molar-refractivity contribution in [2.24, 2.45) is 0 Å².